The molecule has 2 fully saturated rings. The lowest BCUT2D eigenvalue weighted by Crippen LogP contribution is -2.57. The molecule has 0 radical (unpaired) electrons. The third kappa shape index (κ3) is 6.38. The summed E-state index contributed by atoms with van der Waals surface area (Å²) in [6.45, 7) is 3.49. The second-order valence-electron chi connectivity index (χ2n) is 9.45. The van der Waals surface area contributed by atoms with Crippen LogP contribution < -0.4 is 10.1 Å². The highest BCUT2D eigenvalue weighted by Gasteiger charge is 2.40. The molecular formula is C25H32FN3O5S. The molecule has 190 valence electrons. The van der Waals surface area contributed by atoms with E-state index < -0.39 is 27.5 Å². The van der Waals surface area contributed by atoms with Gasteiger partial charge in [-0.3, -0.25) is 9.69 Å². The molecule has 4 rings (SSSR count). The van der Waals surface area contributed by atoms with Gasteiger partial charge in [-0.05, 0) is 56.5 Å². The summed E-state index contributed by atoms with van der Waals surface area (Å²) in [6.07, 6.45) is 2.46. The van der Waals surface area contributed by atoms with E-state index in [-0.39, 0.29) is 23.9 Å². The lowest BCUT2D eigenvalue weighted by Gasteiger charge is -2.42. The van der Waals surface area contributed by atoms with E-state index in [0.29, 0.717) is 37.5 Å². The van der Waals surface area contributed by atoms with Gasteiger partial charge in [0.15, 0.2) is 0 Å². The SMILES string of the molecule is C[C@]1(O)CCN(CC(=O)Nc2cccc(S(=O)(=O)N3CCCCC3)c2)C[C@@H]1Oc1cccc(F)c1. The van der Waals surface area contributed by atoms with Crippen molar-refractivity contribution in [3.63, 3.8) is 0 Å². The number of rotatable bonds is 7. The summed E-state index contributed by atoms with van der Waals surface area (Å²) in [5.74, 6) is -0.421. The molecule has 2 N–H and O–H groups in total. The summed E-state index contributed by atoms with van der Waals surface area (Å²) in [6, 6.07) is 12.0. The Hall–Kier alpha value is -2.53. The second kappa shape index (κ2) is 10.6. The average Bonchev–Trinajstić information content (AvgIpc) is 2.82. The minimum Gasteiger partial charge on any atom is -0.486 e. The zero-order valence-electron chi connectivity index (χ0n) is 19.8. The molecular weight excluding hydrogens is 473 g/mol. The number of aliphatic hydroxyl groups is 1. The summed E-state index contributed by atoms with van der Waals surface area (Å²) in [5, 5.41) is 13.5. The van der Waals surface area contributed by atoms with Crippen molar-refractivity contribution in [1.29, 1.82) is 0 Å². The first-order valence-electron chi connectivity index (χ1n) is 11.9. The molecule has 35 heavy (non-hydrogen) atoms. The predicted octanol–water partition coefficient (Wildman–Crippen LogP) is 2.84. The quantitative estimate of drug-likeness (QED) is 0.601. The highest BCUT2D eigenvalue weighted by Crippen LogP contribution is 2.27. The Labute approximate surface area is 205 Å². The topological polar surface area (TPSA) is 99.2 Å². The maximum Gasteiger partial charge on any atom is 0.243 e. The molecule has 2 aliphatic heterocycles. The van der Waals surface area contributed by atoms with E-state index in [1.165, 1.54) is 28.6 Å². The molecule has 2 saturated heterocycles. The van der Waals surface area contributed by atoms with Crippen LogP contribution in [0.1, 0.15) is 32.6 Å². The number of nitrogens with zero attached hydrogens (tertiary/aromatic N) is 2. The number of piperidine rings is 2. The molecule has 2 heterocycles. The van der Waals surface area contributed by atoms with E-state index in [1.54, 1.807) is 31.2 Å². The van der Waals surface area contributed by atoms with E-state index >= 15 is 0 Å². The molecule has 2 aromatic carbocycles. The standard InChI is InChI=1S/C25H32FN3O5S/c1-25(31)11-14-28(17-23(25)34-21-9-5-7-19(26)15-21)18-24(30)27-20-8-6-10-22(16-20)35(32,33)29-12-3-2-4-13-29/h5-10,15-16,23,31H,2-4,11-14,17-18H2,1H3,(H,27,30)/t23-,25-/m0/s1. The Morgan fingerprint density at radius 1 is 1.14 bits per heavy atom. The summed E-state index contributed by atoms with van der Waals surface area (Å²) in [7, 11) is -3.60. The number of halogens is 1. The van der Waals surface area contributed by atoms with Crippen molar-refractivity contribution in [2.75, 3.05) is 38.0 Å². The molecule has 0 spiro atoms. The van der Waals surface area contributed by atoms with Crippen molar-refractivity contribution < 1.29 is 27.4 Å². The maximum atomic E-state index is 13.5. The number of carbonyl (C=O) groups excluding carboxylic acids is 1. The van der Waals surface area contributed by atoms with Crippen LogP contribution in [0.5, 0.6) is 5.75 Å². The van der Waals surface area contributed by atoms with Gasteiger partial charge in [-0.25, -0.2) is 12.8 Å². The first-order valence-corrected chi connectivity index (χ1v) is 13.3. The van der Waals surface area contributed by atoms with Crippen LogP contribution in [0.4, 0.5) is 10.1 Å². The van der Waals surface area contributed by atoms with Crippen LogP contribution in [0.2, 0.25) is 0 Å². The number of hydrogen-bond acceptors (Lipinski definition) is 6. The Bertz CT molecular complexity index is 1150. The highest BCUT2D eigenvalue weighted by molar-refractivity contribution is 7.89. The van der Waals surface area contributed by atoms with Gasteiger partial charge in [-0.2, -0.15) is 4.31 Å². The molecule has 2 aliphatic rings. The fourth-order valence-corrected chi connectivity index (χ4v) is 6.04. The minimum absolute atomic E-state index is 0.0438. The maximum absolute atomic E-state index is 13.5. The van der Waals surface area contributed by atoms with Crippen LogP contribution >= 0.6 is 0 Å². The number of nitrogens with one attached hydrogen (secondary N) is 1. The van der Waals surface area contributed by atoms with Crippen molar-refractivity contribution in [2.45, 2.75) is 49.2 Å². The summed E-state index contributed by atoms with van der Waals surface area (Å²) < 4.78 is 46.8. The van der Waals surface area contributed by atoms with Gasteiger partial charge >= 0.3 is 0 Å². The Kier molecular flexibility index (Phi) is 7.75. The van der Waals surface area contributed by atoms with Crippen LogP contribution in [0.3, 0.4) is 0 Å². The molecule has 8 nitrogen and oxygen atoms in total. The molecule has 2 atom stereocenters. The van der Waals surface area contributed by atoms with Crippen LogP contribution in [-0.2, 0) is 14.8 Å². The minimum atomic E-state index is -3.60. The Balaban J connectivity index is 1.38. The molecule has 0 aromatic heterocycles. The van der Waals surface area contributed by atoms with Crippen LogP contribution in [0.25, 0.3) is 0 Å². The monoisotopic (exact) mass is 505 g/mol. The zero-order valence-corrected chi connectivity index (χ0v) is 20.6. The number of likely N-dealkylation sites (tertiary alicyclic amines) is 1. The summed E-state index contributed by atoms with van der Waals surface area (Å²) >= 11 is 0. The molecule has 10 heteroatoms. The van der Waals surface area contributed by atoms with E-state index in [1.807, 2.05) is 4.90 Å². The molecule has 0 saturated carbocycles. The largest absolute Gasteiger partial charge is 0.486 e. The fraction of sp³-hybridized carbons (Fsp3) is 0.480. The first-order chi connectivity index (χ1) is 16.6. The number of sulfonamides is 1. The van der Waals surface area contributed by atoms with Gasteiger partial charge in [0.25, 0.3) is 0 Å². The highest BCUT2D eigenvalue weighted by atomic mass is 32.2. The zero-order chi connectivity index (χ0) is 25.1. The van der Waals surface area contributed by atoms with E-state index in [2.05, 4.69) is 5.32 Å². The number of ether oxygens (including phenoxy) is 1. The smallest absolute Gasteiger partial charge is 0.243 e. The van der Waals surface area contributed by atoms with Crippen molar-refractivity contribution in [1.82, 2.24) is 9.21 Å². The molecule has 0 aliphatic carbocycles. The summed E-state index contributed by atoms with van der Waals surface area (Å²) in [4.78, 5) is 14.8. The molecule has 2 aromatic rings. The normalized spacial score (nSPS) is 24.1. The molecule has 1 amide bonds. The van der Waals surface area contributed by atoms with Crippen molar-refractivity contribution in [2.24, 2.45) is 0 Å². The average molecular weight is 506 g/mol. The van der Waals surface area contributed by atoms with Crippen LogP contribution in [-0.4, -0.2) is 73.1 Å². The lowest BCUT2D eigenvalue weighted by atomic mass is 9.90. The van der Waals surface area contributed by atoms with Gasteiger partial charge in [0.05, 0.1) is 11.4 Å². The molecule has 0 unspecified atom stereocenters. The van der Waals surface area contributed by atoms with Crippen molar-refractivity contribution in [3.8, 4) is 5.75 Å². The van der Waals surface area contributed by atoms with Gasteiger partial charge in [-0.15, -0.1) is 0 Å². The summed E-state index contributed by atoms with van der Waals surface area (Å²) in [5.41, 5.74) is -0.721. The van der Waals surface area contributed by atoms with Crippen molar-refractivity contribution >= 4 is 21.6 Å². The Morgan fingerprint density at radius 3 is 2.63 bits per heavy atom. The third-order valence-electron chi connectivity index (χ3n) is 6.56. The third-order valence-corrected chi connectivity index (χ3v) is 8.46. The van der Waals surface area contributed by atoms with Gasteiger partial charge < -0.3 is 15.2 Å². The van der Waals surface area contributed by atoms with Gasteiger partial charge in [0, 0.05) is 37.9 Å². The van der Waals surface area contributed by atoms with E-state index in [9.17, 15) is 22.7 Å². The van der Waals surface area contributed by atoms with Crippen LogP contribution in [0, 0.1) is 5.82 Å². The first kappa shape index (κ1) is 25.6. The Morgan fingerprint density at radius 2 is 1.89 bits per heavy atom. The van der Waals surface area contributed by atoms with E-state index in [4.69, 9.17) is 4.74 Å². The van der Waals surface area contributed by atoms with E-state index in [0.717, 1.165) is 19.3 Å². The number of amides is 1. The molecule has 0 bridgehead atoms. The van der Waals surface area contributed by atoms with Crippen LogP contribution in [0.15, 0.2) is 53.4 Å². The van der Waals surface area contributed by atoms with Crippen molar-refractivity contribution in [3.05, 3.63) is 54.3 Å². The second-order valence-corrected chi connectivity index (χ2v) is 11.4. The number of benzene rings is 2. The van der Waals surface area contributed by atoms with Gasteiger partial charge in [0.1, 0.15) is 23.3 Å². The lowest BCUT2D eigenvalue weighted by molar-refractivity contribution is -0.122. The number of hydrogen-bond donors (Lipinski definition) is 2. The number of carbonyl (C=O) groups is 1. The predicted molar refractivity (Wildman–Crippen MR) is 130 cm³/mol. The van der Waals surface area contributed by atoms with Gasteiger partial charge in [-0.1, -0.05) is 18.6 Å². The number of anilines is 1. The fourth-order valence-electron chi connectivity index (χ4n) is 4.47. The van der Waals surface area contributed by atoms with Gasteiger partial charge in [0.2, 0.25) is 15.9 Å².